The van der Waals surface area contributed by atoms with Crippen molar-refractivity contribution in [2.45, 2.75) is 77.3 Å². The van der Waals surface area contributed by atoms with Gasteiger partial charge in [0.1, 0.15) is 17.3 Å². The molecule has 224 valence electrons. The van der Waals surface area contributed by atoms with Gasteiger partial charge in [-0.05, 0) is 75.3 Å². The Balaban J connectivity index is 0.000000153. The van der Waals surface area contributed by atoms with Crippen LogP contribution in [0.3, 0.4) is 0 Å². The molecule has 0 bridgehead atoms. The van der Waals surface area contributed by atoms with Crippen molar-refractivity contribution in [3.05, 3.63) is 55.1 Å². The summed E-state index contributed by atoms with van der Waals surface area (Å²) in [7, 11) is 0. The van der Waals surface area contributed by atoms with Crippen molar-refractivity contribution < 1.29 is 4.39 Å². The van der Waals surface area contributed by atoms with Gasteiger partial charge in [0.05, 0.1) is 17.9 Å². The molecule has 0 saturated heterocycles. The molecule has 5 aromatic heterocycles. The van der Waals surface area contributed by atoms with Crippen molar-refractivity contribution >= 4 is 39.7 Å². The molecular weight excluding hydrogens is 543 g/mol. The van der Waals surface area contributed by atoms with Gasteiger partial charge in [-0.1, -0.05) is 13.8 Å². The summed E-state index contributed by atoms with van der Waals surface area (Å²) in [6, 6.07) is 4.49. The third kappa shape index (κ3) is 6.21. The van der Waals surface area contributed by atoms with Gasteiger partial charge < -0.3 is 21.4 Å². The first-order chi connectivity index (χ1) is 20.9. The minimum atomic E-state index is -0.392. The van der Waals surface area contributed by atoms with Crippen molar-refractivity contribution in [1.29, 1.82) is 0 Å². The minimum absolute atomic E-state index is 0.185. The van der Waals surface area contributed by atoms with Crippen LogP contribution in [0.2, 0.25) is 0 Å². The van der Waals surface area contributed by atoms with Gasteiger partial charge >= 0.3 is 0 Å². The van der Waals surface area contributed by atoms with Crippen LogP contribution in [0.5, 0.6) is 0 Å². The number of pyridine rings is 2. The summed E-state index contributed by atoms with van der Waals surface area (Å²) in [6.07, 6.45) is 19.4. The summed E-state index contributed by atoms with van der Waals surface area (Å²) in [5, 5.41) is 5.65. The molecule has 5 aromatic rings. The summed E-state index contributed by atoms with van der Waals surface area (Å²) in [6.45, 7) is 4.61. The van der Waals surface area contributed by atoms with Gasteiger partial charge in [0, 0.05) is 58.8 Å². The molecule has 0 spiro atoms. The van der Waals surface area contributed by atoms with Gasteiger partial charge in [0.15, 0.2) is 0 Å². The largest absolute Gasteiger partial charge is 0.368 e. The molecule has 7 rings (SSSR count). The number of hydrogen-bond acceptors (Lipinski definition) is 9. The highest BCUT2D eigenvalue weighted by molar-refractivity contribution is 6.06. The van der Waals surface area contributed by atoms with Gasteiger partial charge in [-0.15, -0.1) is 0 Å². The Hall–Kier alpha value is -4.41. The first kappa shape index (κ1) is 28.7. The molecule has 0 unspecified atom stereocenters. The molecule has 5 N–H and O–H groups in total. The third-order valence-electron chi connectivity index (χ3n) is 8.94. The Kier molecular flexibility index (Phi) is 8.31. The van der Waals surface area contributed by atoms with Crippen molar-refractivity contribution in [3.63, 3.8) is 0 Å². The number of halogens is 1. The summed E-state index contributed by atoms with van der Waals surface area (Å²) < 4.78 is 16.3. The van der Waals surface area contributed by atoms with E-state index >= 15 is 0 Å². The molecular formula is C32H39FN10. The number of nitrogens with zero attached hydrogens (tertiary/aromatic N) is 7. The van der Waals surface area contributed by atoms with Crippen molar-refractivity contribution in [2.24, 2.45) is 11.8 Å². The lowest BCUT2D eigenvalue weighted by molar-refractivity contribution is 0.298. The predicted molar refractivity (Wildman–Crippen MR) is 169 cm³/mol. The van der Waals surface area contributed by atoms with E-state index in [2.05, 4.69) is 53.6 Å². The number of fused-ring (bicyclic) bond motifs is 3. The number of hydrogen-bond donors (Lipinski definition) is 3. The summed E-state index contributed by atoms with van der Waals surface area (Å²) in [5.41, 5.74) is 14.7. The smallest absolute Gasteiger partial charge is 0.221 e. The second-order valence-corrected chi connectivity index (χ2v) is 12.1. The number of nitrogens with two attached hydrogens (primary N) is 2. The van der Waals surface area contributed by atoms with E-state index in [4.69, 9.17) is 11.5 Å². The number of nitrogens with one attached hydrogen (secondary N) is 1. The summed E-state index contributed by atoms with van der Waals surface area (Å²) in [4.78, 5) is 25.0. The van der Waals surface area contributed by atoms with E-state index in [1.165, 1.54) is 50.1 Å². The number of nitrogen functional groups attached to an aromatic ring is 2. The minimum Gasteiger partial charge on any atom is -0.368 e. The summed E-state index contributed by atoms with van der Waals surface area (Å²) >= 11 is 0. The zero-order valence-corrected chi connectivity index (χ0v) is 24.7. The molecule has 0 aromatic carbocycles. The van der Waals surface area contributed by atoms with Crippen LogP contribution in [0.25, 0.3) is 33.1 Å². The zero-order chi connectivity index (χ0) is 29.9. The number of rotatable bonds is 4. The van der Waals surface area contributed by atoms with Crippen LogP contribution in [0.1, 0.15) is 71.3 Å². The molecule has 10 nitrogen and oxygen atoms in total. The average Bonchev–Trinajstić information content (AvgIpc) is 3.33. The van der Waals surface area contributed by atoms with E-state index in [1.807, 2.05) is 24.7 Å². The monoisotopic (exact) mass is 582 g/mol. The lowest BCUT2D eigenvalue weighted by Crippen LogP contribution is -2.26. The van der Waals surface area contributed by atoms with Gasteiger partial charge in [0.2, 0.25) is 11.9 Å². The van der Waals surface area contributed by atoms with Crippen LogP contribution in [0.4, 0.5) is 22.1 Å². The third-order valence-corrected chi connectivity index (χ3v) is 8.94. The molecule has 0 atom stereocenters. The maximum Gasteiger partial charge on any atom is 0.221 e. The van der Waals surface area contributed by atoms with Crippen molar-refractivity contribution in [2.75, 3.05) is 16.8 Å². The quantitative estimate of drug-likeness (QED) is 0.214. The molecule has 2 aliphatic carbocycles. The van der Waals surface area contributed by atoms with E-state index in [0.717, 1.165) is 41.2 Å². The van der Waals surface area contributed by atoms with Gasteiger partial charge in [0.25, 0.3) is 0 Å². The van der Waals surface area contributed by atoms with E-state index in [-0.39, 0.29) is 5.95 Å². The number of aromatic nitrogens is 7. The molecule has 43 heavy (non-hydrogen) atoms. The Bertz CT molecular complexity index is 1700. The molecule has 0 radical (unpaired) electrons. The lowest BCUT2D eigenvalue weighted by atomic mass is 9.87. The standard InChI is InChI=1S/C16H20FN5.C16H19N5/c1-10-2-4-11(5-3-10)21-15-13(8-20-16(18)22-15)12-6-7-19-9-14(12)17;1-10-2-4-11(5-3-10)21-14-9-18-7-6-12(14)13-8-19-16(17)20-15(13)21/h6-11H,2-5H2,1H3,(H3,18,20,21,22);6-11H,2-5H2,1H3,(H2,17,19,20). The normalized spacial score (nSPS) is 22.2. The van der Waals surface area contributed by atoms with Gasteiger partial charge in [-0.25, -0.2) is 14.4 Å². The first-order valence-corrected chi connectivity index (χ1v) is 15.2. The Morgan fingerprint density at radius 3 is 2.14 bits per heavy atom. The van der Waals surface area contributed by atoms with Crippen molar-refractivity contribution in [1.82, 2.24) is 34.5 Å². The second kappa shape index (κ2) is 12.4. The molecule has 5 heterocycles. The van der Waals surface area contributed by atoms with E-state index in [9.17, 15) is 4.39 Å². The molecule has 2 fully saturated rings. The van der Waals surface area contributed by atoms with Crippen LogP contribution in [-0.2, 0) is 0 Å². The molecule has 11 heteroatoms. The van der Waals surface area contributed by atoms with Crippen LogP contribution in [-0.4, -0.2) is 40.5 Å². The van der Waals surface area contributed by atoms with Crippen LogP contribution >= 0.6 is 0 Å². The van der Waals surface area contributed by atoms with Crippen LogP contribution < -0.4 is 16.8 Å². The lowest BCUT2D eigenvalue weighted by Gasteiger charge is -2.28. The van der Waals surface area contributed by atoms with E-state index in [1.54, 1.807) is 18.5 Å². The first-order valence-electron chi connectivity index (χ1n) is 15.2. The Labute approximate surface area is 250 Å². The number of anilines is 3. The average molecular weight is 583 g/mol. The topological polar surface area (TPSA) is 146 Å². The van der Waals surface area contributed by atoms with E-state index < -0.39 is 5.82 Å². The van der Waals surface area contributed by atoms with Gasteiger partial charge in [-0.2, -0.15) is 9.97 Å². The Morgan fingerprint density at radius 1 is 0.744 bits per heavy atom. The van der Waals surface area contributed by atoms with Crippen molar-refractivity contribution in [3.8, 4) is 11.1 Å². The second-order valence-electron chi connectivity index (χ2n) is 12.1. The molecule has 0 amide bonds. The van der Waals surface area contributed by atoms with Crippen LogP contribution in [0.15, 0.2) is 49.3 Å². The maximum absolute atomic E-state index is 14.0. The predicted octanol–water partition coefficient (Wildman–Crippen LogP) is 6.56. The maximum atomic E-state index is 14.0. The van der Waals surface area contributed by atoms with Gasteiger partial charge in [-0.3, -0.25) is 9.97 Å². The van der Waals surface area contributed by atoms with Crippen LogP contribution in [0, 0.1) is 17.7 Å². The highest BCUT2D eigenvalue weighted by Crippen LogP contribution is 2.38. The fourth-order valence-corrected chi connectivity index (χ4v) is 6.44. The molecule has 0 aliphatic heterocycles. The van der Waals surface area contributed by atoms with E-state index in [0.29, 0.717) is 35.0 Å². The zero-order valence-electron chi connectivity index (χ0n) is 24.7. The highest BCUT2D eigenvalue weighted by Gasteiger charge is 2.24. The SMILES string of the molecule is CC1CCC(Nc2nc(N)ncc2-c2ccncc2F)CC1.CC1CCC(n2c3cnccc3c3cnc(N)nc32)CC1. The Morgan fingerprint density at radius 2 is 1.40 bits per heavy atom. The summed E-state index contributed by atoms with van der Waals surface area (Å²) in [5.74, 6) is 2.32. The molecule has 2 aliphatic rings. The fourth-order valence-electron chi connectivity index (χ4n) is 6.44. The fraction of sp³-hybridized carbons (Fsp3) is 0.438. The highest BCUT2D eigenvalue weighted by atomic mass is 19.1. The molecule has 2 saturated carbocycles.